The number of nitrogen functional groups attached to an aromatic ring is 1. The third-order valence-electron chi connectivity index (χ3n) is 6.16. The van der Waals surface area contributed by atoms with Crippen LogP contribution in [0.3, 0.4) is 0 Å². The molecule has 6 rings (SSSR count). The number of hydrogen-bond acceptors (Lipinski definition) is 6. The van der Waals surface area contributed by atoms with Crippen LogP contribution in [0.5, 0.6) is 23.0 Å². The fourth-order valence-corrected chi connectivity index (χ4v) is 4.55. The molecular formula is C28H20N2O4. The number of ether oxygens (including phenoxy) is 2. The minimum atomic E-state index is -0.312. The summed E-state index contributed by atoms with van der Waals surface area (Å²) in [6.07, 6.45) is 0.683. The lowest BCUT2D eigenvalue weighted by Gasteiger charge is -2.28. The number of fused-ring (bicyclic) bond motifs is 5. The summed E-state index contributed by atoms with van der Waals surface area (Å²) in [4.78, 5) is 27.2. The first-order valence-electron chi connectivity index (χ1n) is 11.0. The van der Waals surface area contributed by atoms with Gasteiger partial charge in [-0.1, -0.05) is 60.7 Å². The number of para-hydroxylation sites is 2. The van der Waals surface area contributed by atoms with Crippen LogP contribution in [0, 0.1) is 0 Å². The number of rotatable bonds is 2. The molecule has 6 heteroatoms. The van der Waals surface area contributed by atoms with Crippen molar-refractivity contribution in [3.63, 3.8) is 0 Å². The van der Waals surface area contributed by atoms with Crippen LogP contribution in [-0.2, 0) is 6.42 Å². The molecule has 4 aromatic carbocycles. The molecule has 2 aliphatic rings. The van der Waals surface area contributed by atoms with E-state index in [0.717, 1.165) is 5.56 Å². The number of nitrogens with two attached hydrogens (primary N) is 1. The topological polar surface area (TPSA) is 90.7 Å². The monoisotopic (exact) mass is 448 g/mol. The summed E-state index contributed by atoms with van der Waals surface area (Å²) in [6.45, 7) is 0.539. The Balaban J connectivity index is 1.64. The van der Waals surface area contributed by atoms with Crippen LogP contribution >= 0.6 is 0 Å². The first-order chi connectivity index (χ1) is 16.6. The Morgan fingerprint density at radius 1 is 0.794 bits per heavy atom. The Hall–Kier alpha value is -4.58. The molecule has 0 saturated carbocycles. The van der Waals surface area contributed by atoms with Gasteiger partial charge in [0.05, 0.1) is 22.5 Å². The van der Waals surface area contributed by atoms with Gasteiger partial charge >= 0.3 is 0 Å². The van der Waals surface area contributed by atoms with E-state index in [4.69, 9.17) is 15.2 Å². The van der Waals surface area contributed by atoms with E-state index >= 15 is 0 Å². The van der Waals surface area contributed by atoms with Crippen LogP contribution in [-0.4, -0.2) is 18.1 Å². The smallest absolute Gasteiger partial charge is 0.196 e. The van der Waals surface area contributed by atoms with Gasteiger partial charge in [-0.25, -0.2) is 0 Å². The van der Waals surface area contributed by atoms with E-state index in [9.17, 15) is 9.59 Å². The highest BCUT2D eigenvalue weighted by molar-refractivity contribution is 6.32. The van der Waals surface area contributed by atoms with E-state index in [1.165, 1.54) is 0 Å². The zero-order chi connectivity index (χ0) is 23.2. The van der Waals surface area contributed by atoms with E-state index in [2.05, 4.69) is 5.32 Å². The molecule has 166 valence electrons. The van der Waals surface area contributed by atoms with Gasteiger partial charge in [-0.15, -0.1) is 0 Å². The normalized spacial score (nSPS) is 13.8. The molecule has 6 nitrogen and oxygen atoms in total. The largest absolute Gasteiger partial charge is 0.451 e. The maximum Gasteiger partial charge on any atom is 0.196 e. The van der Waals surface area contributed by atoms with Gasteiger partial charge < -0.3 is 20.5 Å². The molecule has 3 N–H and O–H groups in total. The highest BCUT2D eigenvalue weighted by Gasteiger charge is 2.38. The van der Waals surface area contributed by atoms with E-state index in [-0.39, 0.29) is 39.9 Å². The van der Waals surface area contributed by atoms with Crippen molar-refractivity contribution in [1.29, 1.82) is 0 Å². The average Bonchev–Trinajstić information content (AvgIpc) is 2.85. The predicted octanol–water partition coefficient (Wildman–Crippen LogP) is 5.60. The summed E-state index contributed by atoms with van der Waals surface area (Å²) in [5.41, 5.74) is 9.12. The third kappa shape index (κ3) is 3.03. The first kappa shape index (κ1) is 20.1. The lowest BCUT2D eigenvalue weighted by molar-refractivity contribution is 0.0980. The molecule has 0 saturated heterocycles. The van der Waals surface area contributed by atoms with Gasteiger partial charge in [0.25, 0.3) is 0 Å². The second-order valence-corrected chi connectivity index (χ2v) is 8.20. The van der Waals surface area contributed by atoms with E-state index < -0.39 is 0 Å². The number of carbonyl (C=O) groups is 2. The molecule has 1 aliphatic carbocycles. The van der Waals surface area contributed by atoms with Crippen molar-refractivity contribution in [2.75, 3.05) is 17.6 Å². The Morgan fingerprint density at radius 2 is 1.44 bits per heavy atom. The molecule has 4 aromatic rings. The minimum absolute atomic E-state index is 0.0744. The molecule has 34 heavy (non-hydrogen) atoms. The highest BCUT2D eigenvalue weighted by Crippen LogP contribution is 2.52. The molecule has 0 fully saturated rings. The predicted molar refractivity (Wildman–Crippen MR) is 129 cm³/mol. The lowest BCUT2D eigenvalue weighted by Crippen LogP contribution is -2.25. The Kier molecular flexibility index (Phi) is 4.59. The van der Waals surface area contributed by atoms with Gasteiger partial charge in [0.1, 0.15) is 11.5 Å². The first-order valence-corrected chi connectivity index (χ1v) is 11.0. The fraction of sp³-hybridized carbons (Fsp3) is 0.0714. The standard InChI is InChI=1S/C28H20N2O4/c29-23-21-22(26(32)19-12-6-5-11-18(19)25(21)31)24-28(27(23)33-17-9-2-1-3-10-17)34-20-13-7-4-8-16(20)14-15-30-24/h1-13,30H,14-15,29H2. The lowest BCUT2D eigenvalue weighted by atomic mass is 9.81. The van der Waals surface area contributed by atoms with Crippen molar-refractivity contribution < 1.29 is 19.1 Å². The molecule has 0 atom stereocenters. The second-order valence-electron chi connectivity index (χ2n) is 8.20. The molecule has 0 spiro atoms. The van der Waals surface area contributed by atoms with Gasteiger partial charge in [0.2, 0.25) is 0 Å². The number of carbonyl (C=O) groups excluding carboxylic acids is 2. The molecule has 0 unspecified atom stereocenters. The fourth-order valence-electron chi connectivity index (χ4n) is 4.55. The van der Waals surface area contributed by atoms with Gasteiger partial charge in [0, 0.05) is 17.7 Å². The van der Waals surface area contributed by atoms with Crippen molar-refractivity contribution in [1.82, 2.24) is 0 Å². The Labute approximate surface area is 195 Å². The van der Waals surface area contributed by atoms with Gasteiger partial charge in [-0.2, -0.15) is 0 Å². The van der Waals surface area contributed by atoms with Crippen LogP contribution in [0.4, 0.5) is 11.4 Å². The van der Waals surface area contributed by atoms with Crippen molar-refractivity contribution in [2.45, 2.75) is 6.42 Å². The molecule has 0 aromatic heterocycles. The molecule has 1 aliphatic heterocycles. The Morgan fingerprint density at radius 3 is 2.21 bits per heavy atom. The maximum atomic E-state index is 13.6. The van der Waals surface area contributed by atoms with Crippen LogP contribution in [0.1, 0.15) is 37.4 Å². The SMILES string of the molecule is Nc1c(Oc2ccccc2)c2c(c3c1C(=O)c1ccccc1C3=O)NCCc1ccccc1O2. The van der Waals surface area contributed by atoms with Gasteiger partial charge in [0.15, 0.2) is 23.1 Å². The summed E-state index contributed by atoms with van der Waals surface area (Å²) in [5.74, 6) is 1.08. The average molecular weight is 448 g/mol. The molecule has 0 bridgehead atoms. The van der Waals surface area contributed by atoms with Crippen LogP contribution in [0.25, 0.3) is 0 Å². The van der Waals surface area contributed by atoms with Crippen LogP contribution in [0.2, 0.25) is 0 Å². The van der Waals surface area contributed by atoms with Gasteiger partial charge in [-0.05, 0) is 30.2 Å². The van der Waals surface area contributed by atoms with Gasteiger partial charge in [-0.3, -0.25) is 9.59 Å². The molecule has 0 radical (unpaired) electrons. The zero-order valence-electron chi connectivity index (χ0n) is 18.1. The minimum Gasteiger partial charge on any atom is -0.451 e. The zero-order valence-corrected chi connectivity index (χ0v) is 18.1. The highest BCUT2D eigenvalue weighted by atomic mass is 16.5. The van der Waals surface area contributed by atoms with Crippen LogP contribution < -0.4 is 20.5 Å². The number of hydrogen-bond donors (Lipinski definition) is 2. The molecular weight excluding hydrogens is 428 g/mol. The summed E-state index contributed by atoms with van der Waals surface area (Å²) in [5, 5.41) is 3.34. The third-order valence-corrected chi connectivity index (χ3v) is 6.16. The quantitative estimate of drug-likeness (QED) is 0.342. The van der Waals surface area contributed by atoms with Crippen molar-refractivity contribution >= 4 is 22.9 Å². The number of anilines is 2. The number of ketones is 2. The van der Waals surface area contributed by atoms with E-state index in [1.54, 1.807) is 36.4 Å². The van der Waals surface area contributed by atoms with Crippen LogP contribution in [0.15, 0.2) is 78.9 Å². The Bertz CT molecular complexity index is 1480. The van der Waals surface area contributed by atoms with E-state index in [0.29, 0.717) is 41.3 Å². The van der Waals surface area contributed by atoms with Crippen molar-refractivity contribution in [3.8, 4) is 23.0 Å². The van der Waals surface area contributed by atoms with Crippen molar-refractivity contribution in [2.24, 2.45) is 0 Å². The number of benzene rings is 4. The second kappa shape index (κ2) is 7.78. The van der Waals surface area contributed by atoms with E-state index in [1.807, 2.05) is 42.5 Å². The molecule has 1 heterocycles. The molecule has 0 amide bonds. The maximum absolute atomic E-state index is 13.6. The summed E-state index contributed by atoms with van der Waals surface area (Å²) >= 11 is 0. The summed E-state index contributed by atoms with van der Waals surface area (Å²) in [6, 6.07) is 23.6. The number of nitrogens with one attached hydrogen (secondary N) is 1. The summed E-state index contributed by atoms with van der Waals surface area (Å²) in [7, 11) is 0. The van der Waals surface area contributed by atoms with Crippen molar-refractivity contribution in [3.05, 3.63) is 107 Å². The summed E-state index contributed by atoms with van der Waals surface area (Å²) < 4.78 is 12.6.